The van der Waals surface area contributed by atoms with Crippen molar-refractivity contribution in [2.24, 2.45) is 0 Å². The summed E-state index contributed by atoms with van der Waals surface area (Å²) in [4.78, 5) is 10.9. The average molecular weight is 263 g/mol. The fraction of sp³-hybridized carbons (Fsp3) is 0.750. The van der Waals surface area contributed by atoms with Gasteiger partial charge in [-0.05, 0) is 0 Å². The molecule has 0 saturated carbocycles. The number of rotatable bonds is 1. The molecule has 1 aliphatic rings. The molecule has 1 aliphatic heterocycles. The molecule has 1 heterocycles. The van der Waals surface area contributed by atoms with Crippen LogP contribution in [0.1, 0.15) is 12.8 Å². The van der Waals surface area contributed by atoms with Crippen LogP contribution in [0.3, 0.4) is 0 Å². The van der Waals surface area contributed by atoms with Crippen molar-refractivity contribution < 1.29 is 4.79 Å². The minimum absolute atomic E-state index is 0.000000000000000666. The third-order valence-electron chi connectivity index (χ3n) is 1.38. The van der Waals surface area contributed by atoms with Gasteiger partial charge in [0.25, 0.3) is 0 Å². The van der Waals surface area contributed by atoms with Crippen molar-refractivity contribution in [1.82, 2.24) is 3.86 Å². The summed E-state index contributed by atoms with van der Waals surface area (Å²) in [6.07, 6.45) is 1.37. The standard InChI is InChI=1S/C4H6Cl3GeNO/c5-8(6,7)9-3-1-2-4(9)10/h1-3H2. The fourth-order valence-electron chi connectivity index (χ4n) is 0.916. The van der Waals surface area contributed by atoms with Gasteiger partial charge in [-0.2, -0.15) is 0 Å². The van der Waals surface area contributed by atoms with Crippen LogP contribution in [0.15, 0.2) is 0 Å². The molecule has 0 aliphatic carbocycles. The Morgan fingerprint density at radius 3 is 2.20 bits per heavy atom. The Morgan fingerprint density at radius 1 is 1.40 bits per heavy atom. The van der Waals surface area contributed by atoms with Gasteiger partial charge < -0.3 is 0 Å². The Balaban J connectivity index is 2.64. The van der Waals surface area contributed by atoms with E-state index in [2.05, 4.69) is 0 Å². The molecule has 0 radical (unpaired) electrons. The van der Waals surface area contributed by atoms with Crippen molar-refractivity contribution in [3.63, 3.8) is 0 Å². The molecule has 0 N–H and O–H groups in total. The van der Waals surface area contributed by atoms with Crippen molar-refractivity contribution in [3.8, 4) is 0 Å². The quantitative estimate of drug-likeness (QED) is 0.660. The Morgan fingerprint density at radius 2 is 2.00 bits per heavy atom. The summed E-state index contributed by atoms with van der Waals surface area (Å²) in [7, 11) is 13.6. The van der Waals surface area contributed by atoms with E-state index in [-0.39, 0.29) is 5.91 Å². The molecule has 58 valence electrons. The third-order valence-corrected chi connectivity index (χ3v) is 6.84. The zero-order valence-corrected chi connectivity index (χ0v) is 9.48. The molecule has 2 nitrogen and oxygen atoms in total. The molecule has 6 heteroatoms. The van der Waals surface area contributed by atoms with Gasteiger partial charge in [-0.25, -0.2) is 0 Å². The van der Waals surface area contributed by atoms with Crippen molar-refractivity contribution in [1.29, 1.82) is 0 Å². The molecular weight excluding hydrogens is 257 g/mol. The number of nitrogens with zero attached hydrogens (tertiary/aromatic N) is 1. The second-order valence-corrected chi connectivity index (χ2v) is 16.8. The normalized spacial score (nSPS) is 20.3. The van der Waals surface area contributed by atoms with Gasteiger partial charge in [-0.3, -0.25) is 0 Å². The summed E-state index contributed by atoms with van der Waals surface area (Å²) in [5.41, 5.74) is 0. The Bertz CT molecular complexity index is 157. The second-order valence-electron chi connectivity index (χ2n) is 2.12. The topological polar surface area (TPSA) is 20.3 Å². The van der Waals surface area contributed by atoms with Crippen LogP contribution in [0.25, 0.3) is 0 Å². The summed E-state index contributed by atoms with van der Waals surface area (Å²) in [6, 6.07) is 0. The van der Waals surface area contributed by atoms with E-state index in [1.165, 1.54) is 3.86 Å². The zero-order chi connectivity index (χ0) is 7.78. The molecule has 1 amide bonds. The summed E-state index contributed by atoms with van der Waals surface area (Å²) < 4.78 is 1.44. The second kappa shape index (κ2) is 3.09. The number of carbonyl (C=O) groups is 1. The van der Waals surface area contributed by atoms with E-state index in [0.717, 1.165) is 6.42 Å². The molecule has 0 unspecified atom stereocenters. The van der Waals surface area contributed by atoms with Crippen molar-refractivity contribution in [2.45, 2.75) is 12.8 Å². The Kier molecular flexibility index (Phi) is 2.77. The predicted octanol–water partition coefficient (Wildman–Crippen LogP) is 1.76. The monoisotopic (exact) mass is 263 g/mol. The van der Waals surface area contributed by atoms with Gasteiger partial charge in [0, 0.05) is 0 Å². The first-order valence-corrected chi connectivity index (χ1v) is 12.1. The zero-order valence-electron chi connectivity index (χ0n) is 5.11. The summed E-state index contributed by atoms with van der Waals surface area (Å²) in [5, 5.41) is 0. The van der Waals surface area contributed by atoms with Gasteiger partial charge >= 0.3 is 74.7 Å². The van der Waals surface area contributed by atoms with Crippen LogP contribution < -0.4 is 0 Å². The molecule has 1 saturated heterocycles. The Labute approximate surface area is 74.5 Å². The van der Waals surface area contributed by atoms with E-state index < -0.39 is 10.7 Å². The van der Waals surface area contributed by atoms with Gasteiger partial charge in [0.2, 0.25) is 0 Å². The maximum atomic E-state index is 10.9. The van der Waals surface area contributed by atoms with E-state index in [1.807, 2.05) is 0 Å². The van der Waals surface area contributed by atoms with Crippen LogP contribution >= 0.6 is 30.0 Å². The maximum absolute atomic E-state index is 10.9. The molecule has 0 atom stereocenters. The Hall–Kier alpha value is 0.883. The molecule has 10 heavy (non-hydrogen) atoms. The molecule has 0 aromatic rings. The third kappa shape index (κ3) is 1.94. The van der Waals surface area contributed by atoms with Crippen molar-refractivity contribution in [3.05, 3.63) is 0 Å². The van der Waals surface area contributed by atoms with Gasteiger partial charge in [-0.1, -0.05) is 0 Å². The van der Waals surface area contributed by atoms with Gasteiger partial charge in [0.1, 0.15) is 0 Å². The number of halogens is 3. The molecule has 1 rings (SSSR count). The molecular formula is C4H6Cl3GeNO. The van der Waals surface area contributed by atoms with Crippen LogP contribution in [0, 0.1) is 0 Å². The van der Waals surface area contributed by atoms with E-state index in [0.29, 0.717) is 13.0 Å². The SMILES string of the molecule is O=C1CCC[N]1[Ge]([Cl])([Cl])[Cl]. The van der Waals surface area contributed by atoms with Gasteiger partial charge in [0.05, 0.1) is 0 Å². The van der Waals surface area contributed by atoms with Gasteiger partial charge in [0.15, 0.2) is 0 Å². The van der Waals surface area contributed by atoms with E-state index >= 15 is 0 Å². The van der Waals surface area contributed by atoms with Crippen LogP contribution in [-0.4, -0.2) is 27.0 Å². The van der Waals surface area contributed by atoms with Gasteiger partial charge in [-0.15, -0.1) is 0 Å². The number of hydrogen-bond acceptors (Lipinski definition) is 1. The minimum atomic E-state index is -3.36. The van der Waals surface area contributed by atoms with Crippen molar-refractivity contribution >= 4 is 46.6 Å². The summed E-state index contributed by atoms with van der Waals surface area (Å²) in [5.74, 6) is 0.000000000000000666. The van der Waals surface area contributed by atoms with E-state index in [9.17, 15) is 4.79 Å². The van der Waals surface area contributed by atoms with Crippen molar-refractivity contribution in [2.75, 3.05) is 6.54 Å². The summed E-state index contributed by atoms with van der Waals surface area (Å²) >= 11 is 0. The first kappa shape index (κ1) is 8.97. The first-order valence-electron chi connectivity index (χ1n) is 2.89. The molecule has 0 aromatic heterocycles. The average Bonchev–Trinajstić information content (AvgIpc) is 2.11. The van der Waals surface area contributed by atoms with Crippen LogP contribution in [0.4, 0.5) is 0 Å². The molecule has 0 spiro atoms. The fourth-order valence-corrected chi connectivity index (χ4v) is 5.39. The molecule has 1 fully saturated rings. The van der Waals surface area contributed by atoms with Crippen LogP contribution in [0.2, 0.25) is 0 Å². The number of carbonyl (C=O) groups excluding carboxylic acids is 1. The summed E-state index contributed by atoms with van der Waals surface area (Å²) in [6.45, 7) is 0.634. The first-order chi connectivity index (χ1) is 4.52. The van der Waals surface area contributed by atoms with E-state index in [4.69, 9.17) is 30.0 Å². The molecule has 0 aromatic carbocycles. The van der Waals surface area contributed by atoms with Crippen LogP contribution in [0.5, 0.6) is 0 Å². The van der Waals surface area contributed by atoms with E-state index in [1.54, 1.807) is 0 Å². The molecule has 0 bridgehead atoms. The van der Waals surface area contributed by atoms with Crippen LogP contribution in [-0.2, 0) is 4.79 Å². The number of hydrogen-bond donors (Lipinski definition) is 0. The predicted molar refractivity (Wildman–Crippen MR) is 44.3 cm³/mol. The number of amides is 1.